The molecule has 2 aliphatic rings. The Hall–Kier alpha value is -2.86. The number of likely N-dealkylation sites (tertiary alicyclic amines) is 1. The average molecular weight is 450 g/mol. The van der Waals surface area contributed by atoms with Gasteiger partial charge in [0.2, 0.25) is 5.91 Å². The van der Waals surface area contributed by atoms with E-state index in [0.29, 0.717) is 18.1 Å². The van der Waals surface area contributed by atoms with Crippen LogP contribution in [0.4, 0.5) is 5.69 Å². The van der Waals surface area contributed by atoms with Crippen molar-refractivity contribution < 1.29 is 14.3 Å². The summed E-state index contributed by atoms with van der Waals surface area (Å²) >= 11 is 0. The third kappa shape index (κ3) is 5.06. The summed E-state index contributed by atoms with van der Waals surface area (Å²) in [5, 5.41) is 3.01. The lowest BCUT2D eigenvalue weighted by atomic mass is 9.79. The molecule has 33 heavy (non-hydrogen) atoms. The molecule has 0 aliphatic carbocycles. The number of amides is 1. The predicted molar refractivity (Wildman–Crippen MR) is 133 cm³/mol. The second-order valence-corrected chi connectivity index (χ2v) is 9.08. The molecule has 1 saturated heterocycles. The van der Waals surface area contributed by atoms with Crippen molar-refractivity contribution in [2.75, 3.05) is 39.7 Å². The van der Waals surface area contributed by atoms with E-state index in [1.165, 1.54) is 5.56 Å². The normalized spacial score (nSPS) is 19.8. The fraction of sp³-hybridized carbons (Fsp3) is 0.481. The highest BCUT2D eigenvalue weighted by atomic mass is 16.5. The number of fused-ring (bicyclic) bond motifs is 3. The quantitative estimate of drug-likeness (QED) is 0.585. The van der Waals surface area contributed by atoms with E-state index in [-0.39, 0.29) is 11.9 Å². The van der Waals surface area contributed by atoms with Gasteiger partial charge in [0.1, 0.15) is 0 Å². The number of carbonyl (C=O) groups excluding carboxylic acids is 1. The second kappa shape index (κ2) is 10.4. The molecule has 0 radical (unpaired) electrons. The zero-order valence-electron chi connectivity index (χ0n) is 20.2. The van der Waals surface area contributed by atoms with Crippen molar-refractivity contribution in [3.8, 4) is 11.5 Å². The number of nitrogens with one attached hydrogen (secondary N) is 1. The molecule has 4 rings (SSSR count). The molecule has 1 fully saturated rings. The molecule has 0 bridgehead atoms. The fourth-order valence-electron chi connectivity index (χ4n) is 4.91. The third-order valence-electron chi connectivity index (χ3n) is 6.73. The lowest BCUT2D eigenvalue weighted by molar-refractivity contribution is -0.116. The highest BCUT2D eigenvalue weighted by molar-refractivity contribution is 6.15. The van der Waals surface area contributed by atoms with Crippen LogP contribution in [0.5, 0.6) is 11.5 Å². The minimum Gasteiger partial charge on any atom is -0.493 e. The van der Waals surface area contributed by atoms with Crippen molar-refractivity contribution in [1.82, 2.24) is 4.90 Å². The maximum atomic E-state index is 12.2. The Morgan fingerprint density at radius 1 is 1.12 bits per heavy atom. The van der Waals surface area contributed by atoms with Crippen molar-refractivity contribution in [2.24, 2.45) is 4.99 Å². The van der Waals surface area contributed by atoms with Gasteiger partial charge in [0.15, 0.2) is 11.5 Å². The largest absolute Gasteiger partial charge is 0.493 e. The van der Waals surface area contributed by atoms with Crippen molar-refractivity contribution in [1.29, 1.82) is 0 Å². The van der Waals surface area contributed by atoms with Gasteiger partial charge in [0, 0.05) is 35.7 Å². The third-order valence-corrected chi connectivity index (χ3v) is 6.73. The van der Waals surface area contributed by atoms with Gasteiger partial charge in [-0.3, -0.25) is 9.79 Å². The summed E-state index contributed by atoms with van der Waals surface area (Å²) in [4.78, 5) is 19.8. The number of likely N-dealkylation sites (N-methyl/N-ethyl adjacent to an activating group) is 1. The number of carbonyl (C=O) groups is 1. The monoisotopic (exact) mass is 449 g/mol. The van der Waals surface area contributed by atoms with Gasteiger partial charge in [0.05, 0.1) is 26.0 Å². The maximum absolute atomic E-state index is 12.2. The van der Waals surface area contributed by atoms with E-state index in [2.05, 4.69) is 48.5 Å². The SMILES string of the molecule is CCCCCC(=O)Nc1ccc(C2=N[C@@H]3CCN(C)C[C@@H]3c3cc(OC)c(OC)cc32)cc1. The Bertz CT molecular complexity index is 1020. The molecule has 0 spiro atoms. The lowest BCUT2D eigenvalue weighted by Crippen LogP contribution is -2.41. The molecular weight excluding hydrogens is 414 g/mol. The number of nitrogens with zero attached hydrogens (tertiary/aromatic N) is 2. The summed E-state index contributed by atoms with van der Waals surface area (Å²) in [5.74, 6) is 1.87. The van der Waals surface area contributed by atoms with Crippen LogP contribution in [0.3, 0.4) is 0 Å². The Kier molecular flexibility index (Phi) is 7.33. The molecule has 2 atom stereocenters. The first kappa shape index (κ1) is 23.3. The molecule has 2 heterocycles. The van der Waals surface area contributed by atoms with Crippen molar-refractivity contribution in [2.45, 2.75) is 51.0 Å². The standard InChI is InChI=1S/C27H35N3O3/c1-5-6-7-8-26(31)28-19-11-9-18(10-12-19)27-21-16-25(33-4)24(32-3)15-20(21)22-17-30(2)14-13-23(22)29-27/h9-12,15-16,22-23H,5-8,13-14,17H2,1-4H3,(H,28,31)/t22-,23-/m1/s1. The summed E-state index contributed by atoms with van der Waals surface area (Å²) in [5.41, 5.74) is 5.21. The predicted octanol–water partition coefficient (Wildman–Crippen LogP) is 4.86. The Balaban J connectivity index is 1.64. The Labute approximate surface area is 197 Å². The van der Waals surface area contributed by atoms with Crippen LogP contribution in [0.2, 0.25) is 0 Å². The van der Waals surface area contributed by atoms with Gasteiger partial charge in [-0.05, 0) is 56.3 Å². The van der Waals surface area contributed by atoms with Crippen molar-refractivity contribution in [3.63, 3.8) is 0 Å². The van der Waals surface area contributed by atoms with Gasteiger partial charge in [-0.15, -0.1) is 0 Å². The van der Waals surface area contributed by atoms with Gasteiger partial charge >= 0.3 is 0 Å². The summed E-state index contributed by atoms with van der Waals surface area (Å²) in [6.07, 6.45) is 4.72. The molecular formula is C27H35N3O3. The second-order valence-electron chi connectivity index (χ2n) is 9.08. The number of piperidine rings is 1. The molecule has 0 unspecified atom stereocenters. The first-order valence-electron chi connectivity index (χ1n) is 12.0. The number of unbranched alkanes of at least 4 members (excludes halogenated alkanes) is 2. The maximum Gasteiger partial charge on any atom is 0.224 e. The number of methoxy groups -OCH3 is 2. The van der Waals surface area contributed by atoms with E-state index >= 15 is 0 Å². The van der Waals surface area contributed by atoms with Gasteiger partial charge < -0.3 is 19.7 Å². The van der Waals surface area contributed by atoms with Crippen LogP contribution >= 0.6 is 0 Å². The number of hydrogen-bond acceptors (Lipinski definition) is 5. The van der Waals surface area contributed by atoms with E-state index in [0.717, 1.165) is 67.0 Å². The number of benzene rings is 2. The molecule has 1 N–H and O–H groups in total. The number of rotatable bonds is 8. The highest BCUT2D eigenvalue weighted by Crippen LogP contribution is 2.42. The van der Waals surface area contributed by atoms with Crippen molar-refractivity contribution in [3.05, 3.63) is 53.1 Å². The zero-order valence-corrected chi connectivity index (χ0v) is 20.2. The molecule has 1 amide bonds. The minimum absolute atomic E-state index is 0.0718. The van der Waals surface area contributed by atoms with Gasteiger partial charge in [-0.1, -0.05) is 31.9 Å². The minimum atomic E-state index is 0.0718. The molecule has 6 heteroatoms. The number of hydrogen-bond donors (Lipinski definition) is 1. The smallest absolute Gasteiger partial charge is 0.224 e. The van der Waals surface area contributed by atoms with E-state index in [4.69, 9.17) is 14.5 Å². The molecule has 2 aliphatic heterocycles. The fourth-order valence-corrected chi connectivity index (χ4v) is 4.91. The van der Waals surface area contributed by atoms with Crippen LogP contribution in [-0.2, 0) is 4.79 Å². The van der Waals surface area contributed by atoms with E-state index in [9.17, 15) is 4.79 Å². The lowest BCUT2D eigenvalue weighted by Gasteiger charge is -2.39. The van der Waals surface area contributed by atoms with Crippen LogP contribution in [-0.4, -0.2) is 56.9 Å². The van der Waals surface area contributed by atoms with E-state index < -0.39 is 0 Å². The highest BCUT2D eigenvalue weighted by Gasteiger charge is 2.36. The summed E-state index contributed by atoms with van der Waals surface area (Å²) in [6, 6.07) is 12.5. The summed E-state index contributed by atoms with van der Waals surface area (Å²) < 4.78 is 11.2. The van der Waals surface area contributed by atoms with Crippen LogP contribution in [0, 0.1) is 0 Å². The topological polar surface area (TPSA) is 63.2 Å². The van der Waals surface area contributed by atoms with Crippen LogP contribution in [0.25, 0.3) is 0 Å². The number of aliphatic imine (C=N–C) groups is 1. The van der Waals surface area contributed by atoms with Crippen molar-refractivity contribution >= 4 is 17.3 Å². The Morgan fingerprint density at radius 3 is 2.55 bits per heavy atom. The van der Waals surface area contributed by atoms with E-state index in [1.807, 2.05) is 12.1 Å². The molecule has 176 valence electrons. The van der Waals surface area contributed by atoms with Gasteiger partial charge in [-0.25, -0.2) is 0 Å². The first-order chi connectivity index (χ1) is 16.0. The van der Waals surface area contributed by atoms with Gasteiger partial charge in [-0.2, -0.15) is 0 Å². The Morgan fingerprint density at radius 2 is 1.85 bits per heavy atom. The first-order valence-corrected chi connectivity index (χ1v) is 12.0. The molecule has 2 aromatic carbocycles. The average Bonchev–Trinajstić information content (AvgIpc) is 2.83. The molecule has 0 saturated carbocycles. The van der Waals surface area contributed by atoms with Crippen LogP contribution in [0.1, 0.15) is 61.6 Å². The number of anilines is 1. The van der Waals surface area contributed by atoms with E-state index in [1.54, 1.807) is 14.2 Å². The van der Waals surface area contributed by atoms with Crippen LogP contribution in [0.15, 0.2) is 41.4 Å². The summed E-state index contributed by atoms with van der Waals surface area (Å²) in [6.45, 7) is 4.17. The molecule has 2 aromatic rings. The zero-order chi connectivity index (χ0) is 23.4. The van der Waals surface area contributed by atoms with Crippen LogP contribution < -0.4 is 14.8 Å². The summed E-state index contributed by atoms with van der Waals surface area (Å²) in [7, 11) is 5.52. The van der Waals surface area contributed by atoms with Gasteiger partial charge in [0.25, 0.3) is 0 Å². The number of ether oxygens (including phenoxy) is 2. The molecule has 6 nitrogen and oxygen atoms in total. The molecule has 0 aromatic heterocycles.